The Morgan fingerprint density at radius 3 is 2.29 bits per heavy atom. The number of ether oxygens (including phenoxy) is 3. The third-order valence-corrected chi connectivity index (χ3v) is 3.78. The summed E-state index contributed by atoms with van der Waals surface area (Å²) < 4.78 is 15.9. The molecule has 2 saturated heterocycles. The molecule has 0 spiro atoms. The Balaban J connectivity index is 2.03. The summed E-state index contributed by atoms with van der Waals surface area (Å²) in [6.07, 6.45) is -9.11. The van der Waals surface area contributed by atoms with E-state index in [0.29, 0.717) is 0 Å². The molecule has 3 unspecified atom stereocenters. The Labute approximate surface area is 121 Å². The molecule has 6 N–H and O–H groups in total. The lowest BCUT2D eigenvalue weighted by Gasteiger charge is -2.41. The van der Waals surface area contributed by atoms with Gasteiger partial charge in [0.05, 0.1) is 19.3 Å². The molecule has 2 aliphatic heterocycles. The molecule has 0 aliphatic carbocycles. The highest BCUT2D eigenvalue weighted by atomic mass is 16.7. The Morgan fingerprint density at radius 1 is 0.952 bits per heavy atom. The van der Waals surface area contributed by atoms with E-state index in [-0.39, 0.29) is 19.6 Å². The molecule has 0 bridgehead atoms. The maximum atomic E-state index is 9.87. The van der Waals surface area contributed by atoms with Gasteiger partial charge in [-0.15, -0.1) is 0 Å². The van der Waals surface area contributed by atoms with E-state index in [9.17, 15) is 20.4 Å². The average Bonchev–Trinajstić information content (AvgIpc) is 2.81. The molecule has 9 nitrogen and oxygen atoms in total. The van der Waals surface area contributed by atoms with Gasteiger partial charge in [-0.1, -0.05) is 0 Å². The van der Waals surface area contributed by atoms with Crippen molar-refractivity contribution in [1.29, 1.82) is 0 Å². The number of aliphatic hydroxyl groups excluding tert-OH is 6. The first kappa shape index (κ1) is 17.0. The zero-order valence-corrected chi connectivity index (χ0v) is 11.4. The van der Waals surface area contributed by atoms with Gasteiger partial charge < -0.3 is 44.8 Å². The Kier molecular flexibility index (Phi) is 5.88. The second kappa shape index (κ2) is 7.27. The molecule has 0 aromatic rings. The summed E-state index contributed by atoms with van der Waals surface area (Å²) in [4.78, 5) is 0. The van der Waals surface area contributed by atoms with Crippen LogP contribution in [-0.2, 0) is 14.2 Å². The van der Waals surface area contributed by atoms with E-state index in [1.807, 2.05) is 0 Å². The third kappa shape index (κ3) is 3.52. The molecule has 2 rings (SSSR count). The Morgan fingerprint density at radius 2 is 1.67 bits per heavy atom. The summed E-state index contributed by atoms with van der Waals surface area (Å²) in [5.41, 5.74) is 0. The number of aliphatic hydroxyl groups is 6. The summed E-state index contributed by atoms with van der Waals surface area (Å²) in [5, 5.41) is 57.1. The average molecular weight is 310 g/mol. The SMILES string of the molecule is OCC[C@H]1OCC(O)[C@@H]1O[C@H]1OC(CO)[C@@H](O)C(O)[C@H]1O. The maximum absolute atomic E-state index is 9.87. The largest absolute Gasteiger partial charge is 0.396 e. The minimum atomic E-state index is -1.54. The predicted octanol–water partition coefficient (Wildman–Crippen LogP) is -3.69. The first-order chi connectivity index (χ1) is 9.99. The highest BCUT2D eigenvalue weighted by molar-refractivity contribution is 4.91. The number of hydrogen-bond donors (Lipinski definition) is 6. The van der Waals surface area contributed by atoms with Crippen LogP contribution in [0.1, 0.15) is 6.42 Å². The fraction of sp³-hybridized carbons (Fsp3) is 1.00. The van der Waals surface area contributed by atoms with Gasteiger partial charge in [0.15, 0.2) is 6.29 Å². The van der Waals surface area contributed by atoms with Crippen molar-refractivity contribution in [1.82, 2.24) is 0 Å². The predicted molar refractivity (Wildman–Crippen MR) is 66.1 cm³/mol. The van der Waals surface area contributed by atoms with Gasteiger partial charge in [-0.3, -0.25) is 0 Å². The molecule has 0 aromatic carbocycles. The zero-order valence-electron chi connectivity index (χ0n) is 11.4. The summed E-state index contributed by atoms with van der Waals surface area (Å²) in [6.45, 7) is -0.701. The van der Waals surface area contributed by atoms with Gasteiger partial charge in [0, 0.05) is 6.61 Å². The zero-order chi connectivity index (χ0) is 15.6. The van der Waals surface area contributed by atoms with E-state index in [1.54, 1.807) is 0 Å². The van der Waals surface area contributed by atoms with Gasteiger partial charge in [-0.05, 0) is 6.42 Å². The fourth-order valence-corrected chi connectivity index (χ4v) is 2.55. The van der Waals surface area contributed by atoms with Crippen molar-refractivity contribution in [2.45, 2.75) is 55.4 Å². The molecule has 0 amide bonds. The summed E-state index contributed by atoms with van der Waals surface area (Å²) in [6, 6.07) is 0. The smallest absolute Gasteiger partial charge is 0.187 e. The van der Waals surface area contributed by atoms with Crippen LogP contribution in [0.15, 0.2) is 0 Å². The molecule has 124 valence electrons. The minimum Gasteiger partial charge on any atom is -0.396 e. The van der Waals surface area contributed by atoms with E-state index >= 15 is 0 Å². The van der Waals surface area contributed by atoms with Gasteiger partial charge in [0.2, 0.25) is 0 Å². The van der Waals surface area contributed by atoms with Gasteiger partial charge in [-0.25, -0.2) is 0 Å². The number of rotatable bonds is 5. The highest BCUT2D eigenvalue weighted by Crippen LogP contribution is 2.27. The maximum Gasteiger partial charge on any atom is 0.187 e. The molecule has 9 heteroatoms. The lowest BCUT2D eigenvalue weighted by atomic mass is 9.99. The lowest BCUT2D eigenvalue weighted by molar-refractivity contribution is -0.317. The van der Waals surface area contributed by atoms with Gasteiger partial charge in [-0.2, -0.15) is 0 Å². The lowest BCUT2D eigenvalue weighted by Crippen LogP contribution is -2.60. The van der Waals surface area contributed by atoms with E-state index < -0.39 is 55.6 Å². The second-order valence-corrected chi connectivity index (χ2v) is 5.25. The highest BCUT2D eigenvalue weighted by Gasteiger charge is 2.47. The van der Waals surface area contributed by atoms with Gasteiger partial charge in [0.25, 0.3) is 0 Å². The molecular weight excluding hydrogens is 288 g/mol. The van der Waals surface area contributed by atoms with Crippen LogP contribution in [0, 0.1) is 0 Å². The molecule has 0 radical (unpaired) electrons. The summed E-state index contributed by atoms with van der Waals surface area (Å²) in [7, 11) is 0. The summed E-state index contributed by atoms with van der Waals surface area (Å²) in [5.74, 6) is 0. The van der Waals surface area contributed by atoms with E-state index in [0.717, 1.165) is 0 Å². The Hall–Kier alpha value is -0.360. The topological polar surface area (TPSA) is 149 Å². The quantitative estimate of drug-likeness (QED) is 0.302. The molecule has 2 aliphatic rings. The monoisotopic (exact) mass is 310 g/mol. The van der Waals surface area contributed by atoms with E-state index in [4.69, 9.17) is 24.4 Å². The first-order valence-electron chi connectivity index (χ1n) is 6.86. The molecule has 0 aromatic heterocycles. The van der Waals surface area contributed by atoms with Crippen LogP contribution in [-0.4, -0.2) is 99.5 Å². The molecule has 2 fully saturated rings. The summed E-state index contributed by atoms with van der Waals surface area (Å²) >= 11 is 0. The van der Waals surface area contributed by atoms with Crippen LogP contribution in [0.25, 0.3) is 0 Å². The van der Waals surface area contributed by atoms with Crippen LogP contribution >= 0.6 is 0 Å². The van der Waals surface area contributed by atoms with Crippen molar-refractivity contribution >= 4 is 0 Å². The molecule has 2 heterocycles. The first-order valence-corrected chi connectivity index (χ1v) is 6.86. The van der Waals surface area contributed by atoms with Gasteiger partial charge in [0.1, 0.15) is 36.6 Å². The fourth-order valence-electron chi connectivity index (χ4n) is 2.55. The van der Waals surface area contributed by atoms with E-state index in [2.05, 4.69) is 0 Å². The van der Waals surface area contributed by atoms with Crippen LogP contribution in [0.5, 0.6) is 0 Å². The van der Waals surface area contributed by atoms with Crippen molar-refractivity contribution < 1.29 is 44.8 Å². The standard InChI is InChI=1S/C12H22O9/c13-2-1-6-11(5(15)4-19-6)21-12-10(18)9(17)8(16)7(3-14)20-12/h5-18H,1-4H2/t5?,6-,7?,8-,9?,10-,11+,12-/m1/s1. The van der Waals surface area contributed by atoms with Crippen LogP contribution < -0.4 is 0 Å². The minimum absolute atomic E-state index is 0.0206. The molecular formula is C12H22O9. The van der Waals surface area contributed by atoms with Crippen molar-refractivity contribution in [3.8, 4) is 0 Å². The van der Waals surface area contributed by atoms with E-state index in [1.165, 1.54) is 0 Å². The van der Waals surface area contributed by atoms with Crippen molar-refractivity contribution in [3.05, 3.63) is 0 Å². The van der Waals surface area contributed by atoms with Crippen molar-refractivity contribution in [2.75, 3.05) is 19.8 Å². The van der Waals surface area contributed by atoms with Crippen molar-refractivity contribution in [3.63, 3.8) is 0 Å². The van der Waals surface area contributed by atoms with Crippen LogP contribution in [0.4, 0.5) is 0 Å². The second-order valence-electron chi connectivity index (χ2n) is 5.25. The van der Waals surface area contributed by atoms with Crippen LogP contribution in [0.3, 0.4) is 0 Å². The van der Waals surface area contributed by atoms with Crippen LogP contribution in [0.2, 0.25) is 0 Å². The molecule has 0 saturated carbocycles. The number of hydrogen-bond acceptors (Lipinski definition) is 9. The third-order valence-electron chi connectivity index (χ3n) is 3.78. The Bertz CT molecular complexity index is 324. The molecule has 21 heavy (non-hydrogen) atoms. The van der Waals surface area contributed by atoms with Crippen molar-refractivity contribution in [2.24, 2.45) is 0 Å². The molecule has 8 atom stereocenters. The normalized spacial score (nSPS) is 47.7. The van der Waals surface area contributed by atoms with Gasteiger partial charge >= 0.3 is 0 Å².